The van der Waals surface area contributed by atoms with Gasteiger partial charge in [0.15, 0.2) is 5.96 Å². The Bertz CT molecular complexity index is 596. The molecule has 3 heterocycles. The molecule has 1 fully saturated rings. The van der Waals surface area contributed by atoms with Gasteiger partial charge in [0, 0.05) is 45.6 Å². The van der Waals surface area contributed by atoms with E-state index >= 15 is 0 Å². The van der Waals surface area contributed by atoms with Crippen LogP contribution in [0.4, 0.5) is 5.95 Å². The molecule has 3 rings (SSSR count). The second-order valence-electron chi connectivity index (χ2n) is 5.00. The average Bonchev–Trinajstić information content (AvgIpc) is 3.10. The predicted octanol–water partition coefficient (Wildman–Crippen LogP) is 1.59. The van der Waals surface area contributed by atoms with Crippen LogP contribution in [0.1, 0.15) is 5.76 Å². The summed E-state index contributed by atoms with van der Waals surface area (Å²) in [6.45, 7) is 4.17. The zero-order valence-corrected chi connectivity index (χ0v) is 15.4. The Morgan fingerprint density at radius 3 is 2.57 bits per heavy atom. The number of guanidine groups is 1. The number of halogens is 1. The molecule has 1 aliphatic heterocycles. The number of rotatable bonds is 3. The van der Waals surface area contributed by atoms with Crippen LogP contribution < -0.4 is 10.2 Å². The normalized spacial score (nSPS) is 15.3. The van der Waals surface area contributed by atoms with Gasteiger partial charge in [0.25, 0.3) is 0 Å². The summed E-state index contributed by atoms with van der Waals surface area (Å²) in [5, 5.41) is 3.33. The van der Waals surface area contributed by atoms with Crippen molar-refractivity contribution in [1.29, 1.82) is 0 Å². The molecule has 7 nitrogen and oxygen atoms in total. The minimum atomic E-state index is 0. The van der Waals surface area contributed by atoms with Gasteiger partial charge in [-0.15, -0.1) is 24.0 Å². The third kappa shape index (κ3) is 4.57. The van der Waals surface area contributed by atoms with Gasteiger partial charge < -0.3 is 19.5 Å². The van der Waals surface area contributed by atoms with Crippen LogP contribution in [-0.4, -0.2) is 54.1 Å². The van der Waals surface area contributed by atoms with Crippen molar-refractivity contribution in [2.24, 2.45) is 4.99 Å². The molecule has 0 saturated carbocycles. The van der Waals surface area contributed by atoms with Gasteiger partial charge >= 0.3 is 0 Å². The summed E-state index contributed by atoms with van der Waals surface area (Å²) in [7, 11) is 1.80. The molecule has 2 aromatic heterocycles. The predicted molar refractivity (Wildman–Crippen MR) is 100 cm³/mol. The van der Waals surface area contributed by atoms with E-state index in [0.29, 0.717) is 6.54 Å². The van der Waals surface area contributed by atoms with Crippen LogP contribution in [0.2, 0.25) is 0 Å². The fourth-order valence-electron chi connectivity index (χ4n) is 2.48. The monoisotopic (exact) mass is 428 g/mol. The Morgan fingerprint density at radius 1 is 1.22 bits per heavy atom. The fraction of sp³-hybridized carbons (Fsp3) is 0.400. The quantitative estimate of drug-likeness (QED) is 0.455. The molecule has 0 spiro atoms. The van der Waals surface area contributed by atoms with E-state index in [9.17, 15) is 0 Å². The van der Waals surface area contributed by atoms with Gasteiger partial charge in [0.05, 0.1) is 12.8 Å². The van der Waals surface area contributed by atoms with Crippen LogP contribution in [-0.2, 0) is 6.54 Å². The smallest absolute Gasteiger partial charge is 0.225 e. The number of piperazine rings is 1. The van der Waals surface area contributed by atoms with Crippen LogP contribution in [0.25, 0.3) is 0 Å². The first-order chi connectivity index (χ1) is 10.9. The van der Waals surface area contributed by atoms with E-state index in [1.54, 1.807) is 25.7 Å². The maximum atomic E-state index is 5.33. The maximum Gasteiger partial charge on any atom is 0.225 e. The second-order valence-corrected chi connectivity index (χ2v) is 5.00. The van der Waals surface area contributed by atoms with Crippen molar-refractivity contribution in [3.63, 3.8) is 0 Å². The number of anilines is 1. The lowest BCUT2D eigenvalue weighted by Gasteiger charge is -2.36. The summed E-state index contributed by atoms with van der Waals surface area (Å²) in [5.74, 6) is 2.59. The third-order valence-corrected chi connectivity index (χ3v) is 3.63. The highest BCUT2D eigenvalue weighted by atomic mass is 127. The van der Waals surface area contributed by atoms with Crippen LogP contribution in [0.5, 0.6) is 0 Å². The molecule has 0 radical (unpaired) electrons. The van der Waals surface area contributed by atoms with Crippen LogP contribution in [0.3, 0.4) is 0 Å². The number of hydrogen-bond acceptors (Lipinski definition) is 5. The minimum Gasteiger partial charge on any atom is -0.467 e. The molecule has 2 aromatic rings. The molecule has 1 aliphatic rings. The lowest BCUT2D eigenvalue weighted by atomic mass is 10.3. The number of furan rings is 1. The van der Waals surface area contributed by atoms with Crippen molar-refractivity contribution < 1.29 is 4.42 Å². The van der Waals surface area contributed by atoms with E-state index in [0.717, 1.165) is 43.8 Å². The summed E-state index contributed by atoms with van der Waals surface area (Å²) in [4.78, 5) is 17.4. The topological polar surface area (TPSA) is 69.8 Å². The molecule has 0 bridgehead atoms. The number of nitrogens with zero attached hydrogens (tertiary/aromatic N) is 5. The first kappa shape index (κ1) is 17.5. The molecule has 124 valence electrons. The Hall–Kier alpha value is -1.84. The summed E-state index contributed by atoms with van der Waals surface area (Å²) < 4.78 is 5.33. The Labute approximate surface area is 152 Å². The zero-order valence-electron chi connectivity index (χ0n) is 13.1. The average molecular weight is 428 g/mol. The standard InChI is InChI=1S/C15H20N6O.HI/c1-16-14(19-12-13-4-2-11-22-13)20-7-9-21(10-8-20)15-17-5-3-6-18-15;/h2-6,11H,7-10,12H2,1H3,(H,16,19);1H. The van der Waals surface area contributed by atoms with E-state index in [1.165, 1.54) is 0 Å². The number of aromatic nitrogens is 2. The highest BCUT2D eigenvalue weighted by Gasteiger charge is 2.21. The van der Waals surface area contributed by atoms with Crippen molar-refractivity contribution in [2.45, 2.75) is 6.54 Å². The fourth-order valence-corrected chi connectivity index (χ4v) is 2.48. The number of nitrogens with one attached hydrogen (secondary N) is 1. The van der Waals surface area contributed by atoms with E-state index < -0.39 is 0 Å². The summed E-state index contributed by atoms with van der Waals surface area (Å²) in [6, 6.07) is 5.67. The van der Waals surface area contributed by atoms with Gasteiger partial charge in [-0.3, -0.25) is 4.99 Å². The van der Waals surface area contributed by atoms with Crippen molar-refractivity contribution >= 4 is 35.9 Å². The van der Waals surface area contributed by atoms with Gasteiger partial charge in [0.2, 0.25) is 5.95 Å². The van der Waals surface area contributed by atoms with Crippen LogP contribution in [0.15, 0.2) is 46.3 Å². The largest absolute Gasteiger partial charge is 0.467 e. The highest BCUT2D eigenvalue weighted by Crippen LogP contribution is 2.10. The van der Waals surface area contributed by atoms with Crippen LogP contribution >= 0.6 is 24.0 Å². The Balaban J connectivity index is 0.00000192. The van der Waals surface area contributed by atoms with Crippen molar-refractivity contribution in [2.75, 3.05) is 38.1 Å². The van der Waals surface area contributed by atoms with Crippen molar-refractivity contribution in [3.8, 4) is 0 Å². The van der Waals surface area contributed by atoms with Gasteiger partial charge in [-0.1, -0.05) is 0 Å². The van der Waals surface area contributed by atoms with Crippen molar-refractivity contribution in [1.82, 2.24) is 20.2 Å². The molecule has 0 atom stereocenters. The lowest BCUT2D eigenvalue weighted by Crippen LogP contribution is -2.52. The van der Waals surface area contributed by atoms with Gasteiger partial charge in [-0.25, -0.2) is 9.97 Å². The van der Waals surface area contributed by atoms with Crippen molar-refractivity contribution in [3.05, 3.63) is 42.6 Å². The SMILES string of the molecule is CN=C(NCc1ccco1)N1CCN(c2ncccn2)CC1.I. The molecule has 0 aromatic carbocycles. The lowest BCUT2D eigenvalue weighted by molar-refractivity contribution is 0.367. The first-order valence-corrected chi connectivity index (χ1v) is 7.37. The molecule has 23 heavy (non-hydrogen) atoms. The second kappa shape index (κ2) is 8.70. The van der Waals surface area contributed by atoms with Gasteiger partial charge in [-0.05, 0) is 18.2 Å². The van der Waals surface area contributed by atoms with E-state index in [4.69, 9.17) is 4.42 Å². The molecule has 8 heteroatoms. The highest BCUT2D eigenvalue weighted by molar-refractivity contribution is 14.0. The zero-order chi connectivity index (χ0) is 15.2. The van der Waals surface area contributed by atoms with Crippen LogP contribution in [0, 0.1) is 0 Å². The first-order valence-electron chi connectivity index (χ1n) is 7.37. The van der Waals surface area contributed by atoms with E-state index in [-0.39, 0.29) is 24.0 Å². The molecular formula is C15H21IN6O. The molecular weight excluding hydrogens is 407 g/mol. The van der Waals surface area contributed by atoms with Gasteiger partial charge in [-0.2, -0.15) is 0 Å². The molecule has 0 amide bonds. The number of hydrogen-bond donors (Lipinski definition) is 1. The molecule has 0 aliphatic carbocycles. The molecule has 0 unspecified atom stereocenters. The van der Waals surface area contributed by atoms with E-state index in [2.05, 4.69) is 30.1 Å². The summed E-state index contributed by atoms with van der Waals surface area (Å²) >= 11 is 0. The third-order valence-electron chi connectivity index (χ3n) is 3.63. The summed E-state index contributed by atoms with van der Waals surface area (Å²) in [6.07, 6.45) is 5.23. The minimum absolute atomic E-state index is 0. The van der Waals surface area contributed by atoms with E-state index in [1.807, 2.05) is 18.2 Å². The molecule has 1 saturated heterocycles. The molecule has 1 N–H and O–H groups in total. The Morgan fingerprint density at radius 2 is 1.96 bits per heavy atom. The number of aliphatic imine (C=N–C) groups is 1. The maximum absolute atomic E-state index is 5.33. The summed E-state index contributed by atoms with van der Waals surface area (Å²) in [5.41, 5.74) is 0. The Kier molecular flexibility index (Phi) is 6.63. The van der Waals surface area contributed by atoms with Gasteiger partial charge in [0.1, 0.15) is 5.76 Å².